The minimum absolute atomic E-state index is 0.0577. The molecular formula is C34H36N4O8S3. The predicted octanol–water partition coefficient (Wildman–Crippen LogP) is 4.63. The molecule has 0 aliphatic carbocycles. The van der Waals surface area contributed by atoms with Gasteiger partial charge in [0, 0.05) is 37.7 Å². The second kappa shape index (κ2) is 13.2. The number of hydrogen-bond acceptors (Lipinski definition) is 10. The van der Waals surface area contributed by atoms with E-state index in [0.717, 1.165) is 28.4 Å². The summed E-state index contributed by atoms with van der Waals surface area (Å²) >= 11 is 0.968. The Morgan fingerprint density at radius 2 is 1.82 bits per heavy atom. The third-order valence-corrected chi connectivity index (χ3v) is 14.0. The average molecular weight is 725 g/mol. The lowest BCUT2D eigenvalue weighted by atomic mass is 9.76. The van der Waals surface area contributed by atoms with Crippen molar-refractivity contribution in [3.63, 3.8) is 0 Å². The minimum Gasteiger partial charge on any atom is -0.482 e. The summed E-state index contributed by atoms with van der Waals surface area (Å²) < 4.78 is 79.6. The summed E-state index contributed by atoms with van der Waals surface area (Å²) in [5.74, 6) is -1.46. The van der Waals surface area contributed by atoms with E-state index >= 15 is 0 Å². The van der Waals surface area contributed by atoms with Crippen LogP contribution in [0.15, 0.2) is 82.6 Å². The van der Waals surface area contributed by atoms with E-state index in [1.54, 1.807) is 18.2 Å². The van der Waals surface area contributed by atoms with Crippen LogP contribution in [0.1, 0.15) is 42.6 Å². The van der Waals surface area contributed by atoms with E-state index < -0.39 is 38.7 Å². The molecule has 258 valence electrons. The maximum atomic E-state index is 14.0. The maximum Gasteiger partial charge on any atom is 0.341 e. The molecule has 4 aromatic rings. The molecule has 0 amide bonds. The molecule has 3 aliphatic rings. The van der Waals surface area contributed by atoms with Crippen molar-refractivity contribution in [3.05, 3.63) is 89.5 Å². The third kappa shape index (κ3) is 6.39. The van der Waals surface area contributed by atoms with Crippen LogP contribution in [-0.2, 0) is 42.5 Å². The molecule has 7 rings (SSSR count). The Labute approximate surface area is 289 Å². The zero-order chi connectivity index (χ0) is 34.5. The monoisotopic (exact) mass is 724 g/mol. The second-order valence-corrected chi connectivity index (χ2v) is 17.2. The Morgan fingerprint density at radius 1 is 1.02 bits per heavy atom. The van der Waals surface area contributed by atoms with Gasteiger partial charge in [-0.1, -0.05) is 42.5 Å². The first-order valence-electron chi connectivity index (χ1n) is 16.0. The Hall–Kier alpha value is -3.73. The quantitative estimate of drug-likeness (QED) is 0.242. The normalized spacial score (nSPS) is 23.4. The molecule has 0 bridgehead atoms. The molecule has 0 unspecified atom stereocenters. The smallest absolute Gasteiger partial charge is 0.341 e. The Balaban J connectivity index is 1.18. The molecule has 1 aromatic heterocycles. The summed E-state index contributed by atoms with van der Waals surface area (Å²) in [4.78, 5) is 11.7. The number of fused-ring (bicyclic) bond motifs is 3. The average Bonchev–Trinajstić information content (AvgIpc) is 3.59. The Morgan fingerprint density at radius 3 is 2.59 bits per heavy atom. The van der Waals surface area contributed by atoms with Crippen LogP contribution < -0.4 is 4.74 Å². The Kier molecular flexibility index (Phi) is 9.09. The highest BCUT2D eigenvalue weighted by molar-refractivity contribution is 7.89. The molecule has 0 spiro atoms. The molecule has 1 N–H and O–H groups in total. The number of benzene rings is 3. The van der Waals surface area contributed by atoms with Gasteiger partial charge in [0.2, 0.25) is 20.0 Å². The van der Waals surface area contributed by atoms with Gasteiger partial charge >= 0.3 is 5.97 Å². The van der Waals surface area contributed by atoms with Crippen LogP contribution in [-0.4, -0.2) is 77.6 Å². The summed E-state index contributed by atoms with van der Waals surface area (Å²) in [7, 11) is -7.81. The van der Waals surface area contributed by atoms with E-state index in [4.69, 9.17) is 9.47 Å². The molecule has 15 heteroatoms. The molecule has 4 atom stereocenters. The first-order chi connectivity index (χ1) is 23.4. The lowest BCUT2D eigenvalue weighted by molar-refractivity contribution is -0.139. The van der Waals surface area contributed by atoms with E-state index in [-0.39, 0.29) is 53.1 Å². The van der Waals surface area contributed by atoms with Crippen LogP contribution >= 0.6 is 11.7 Å². The topological polar surface area (TPSA) is 156 Å². The van der Waals surface area contributed by atoms with Crippen LogP contribution in [0.4, 0.5) is 0 Å². The molecule has 0 radical (unpaired) electrons. The van der Waals surface area contributed by atoms with E-state index in [9.17, 15) is 26.7 Å². The van der Waals surface area contributed by atoms with Crippen molar-refractivity contribution in [2.24, 2.45) is 11.8 Å². The number of piperidine rings is 1. The number of aliphatic carboxylic acids is 1. The van der Waals surface area contributed by atoms with E-state index in [1.807, 2.05) is 31.2 Å². The lowest BCUT2D eigenvalue weighted by Gasteiger charge is -2.47. The fourth-order valence-corrected chi connectivity index (χ4v) is 10.9. The van der Waals surface area contributed by atoms with Crippen molar-refractivity contribution in [1.29, 1.82) is 0 Å². The minimum atomic E-state index is -3.94. The van der Waals surface area contributed by atoms with Gasteiger partial charge in [0.15, 0.2) is 6.61 Å². The van der Waals surface area contributed by atoms with Crippen LogP contribution in [0, 0.1) is 11.8 Å². The summed E-state index contributed by atoms with van der Waals surface area (Å²) in [5, 5.41) is 9.39. The molecule has 49 heavy (non-hydrogen) atoms. The van der Waals surface area contributed by atoms with Crippen molar-refractivity contribution in [1.82, 2.24) is 17.4 Å². The molecule has 3 aliphatic heterocycles. The van der Waals surface area contributed by atoms with Gasteiger partial charge in [-0.2, -0.15) is 17.4 Å². The molecule has 4 heterocycles. The molecule has 3 aromatic carbocycles. The summed E-state index contributed by atoms with van der Waals surface area (Å²) in [5.41, 5.74) is 4.15. The fourth-order valence-electron chi connectivity index (χ4n) is 7.22. The van der Waals surface area contributed by atoms with Gasteiger partial charge in [0.1, 0.15) is 21.7 Å². The van der Waals surface area contributed by atoms with Gasteiger partial charge in [0.05, 0.1) is 28.8 Å². The number of sulfonamides is 2. The van der Waals surface area contributed by atoms with Crippen LogP contribution in [0.5, 0.6) is 5.75 Å². The van der Waals surface area contributed by atoms with Crippen molar-refractivity contribution < 1.29 is 36.2 Å². The van der Waals surface area contributed by atoms with Crippen molar-refractivity contribution in [2.45, 2.75) is 54.7 Å². The van der Waals surface area contributed by atoms with Gasteiger partial charge in [-0.15, -0.1) is 0 Å². The molecule has 2 fully saturated rings. The highest BCUT2D eigenvalue weighted by atomic mass is 32.2. The van der Waals surface area contributed by atoms with Crippen LogP contribution in [0.3, 0.4) is 0 Å². The van der Waals surface area contributed by atoms with Gasteiger partial charge < -0.3 is 14.6 Å². The number of nitrogens with zero attached hydrogens (tertiary/aromatic N) is 4. The zero-order valence-corrected chi connectivity index (χ0v) is 29.2. The van der Waals surface area contributed by atoms with Gasteiger partial charge in [0.25, 0.3) is 0 Å². The molecular weight excluding hydrogens is 689 g/mol. The number of carbonyl (C=O) groups is 1. The number of rotatable bonds is 9. The summed E-state index contributed by atoms with van der Waals surface area (Å²) in [6, 6.07) is 17.2. The van der Waals surface area contributed by atoms with Gasteiger partial charge in [-0.05, 0) is 73.6 Å². The van der Waals surface area contributed by atoms with E-state index in [0.29, 0.717) is 42.4 Å². The Bertz CT molecular complexity index is 2150. The van der Waals surface area contributed by atoms with E-state index in [1.165, 1.54) is 26.8 Å². The molecule has 2 saturated heterocycles. The largest absolute Gasteiger partial charge is 0.482 e. The molecule has 12 nitrogen and oxygen atoms in total. The number of hydrogen-bond donors (Lipinski definition) is 1. The second-order valence-electron chi connectivity index (χ2n) is 12.8. The number of carboxylic acid groups (broad SMARTS) is 1. The van der Waals surface area contributed by atoms with Crippen molar-refractivity contribution in [3.8, 4) is 5.75 Å². The van der Waals surface area contributed by atoms with E-state index in [2.05, 4.69) is 15.3 Å². The maximum absolute atomic E-state index is 14.0. The first kappa shape index (κ1) is 33.8. The summed E-state index contributed by atoms with van der Waals surface area (Å²) in [6.45, 7) is 6.48. The zero-order valence-electron chi connectivity index (χ0n) is 26.8. The van der Waals surface area contributed by atoms with Crippen molar-refractivity contribution in [2.75, 3.05) is 26.2 Å². The SMILES string of the molecule is C=C(C)[C@H]1C[C@@H]2CN(S(=O)(=O)c3cccc4nsnc34)CC[C@@H]2O[C@@H]1c1cc(S(=O)(=O)N2CCc3ccccc3C2)ccc1OCC(=O)O. The summed E-state index contributed by atoms with van der Waals surface area (Å²) in [6.07, 6.45) is 0.493. The van der Waals surface area contributed by atoms with Crippen LogP contribution in [0.2, 0.25) is 0 Å². The van der Waals surface area contributed by atoms with Crippen molar-refractivity contribution >= 4 is 48.8 Å². The number of aromatic nitrogens is 2. The lowest BCUT2D eigenvalue weighted by Crippen LogP contribution is -2.50. The van der Waals surface area contributed by atoms with Gasteiger partial charge in [-0.3, -0.25) is 0 Å². The standard InChI is InChI=1S/C34H36N4O8S3/c1-21(2)26-16-24-19-38(49(43,44)31-9-5-8-28-33(31)36-47-35-28)15-13-29(24)46-34(26)27-17-25(10-11-30(27)45-20-32(39)40)48(41,42)37-14-12-22-6-3-4-7-23(22)18-37/h3-11,17,24,26,29,34H,1,12-16,18-20H2,2H3,(H,39,40)/t24-,26-,29+,34+/m1/s1. The molecule has 0 saturated carbocycles. The van der Waals surface area contributed by atoms with Crippen LogP contribution in [0.25, 0.3) is 11.0 Å². The first-order valence-corrected chi connectivity index (χ1v) is 19.6. The van der Waals surface area contributed by atoms with Gasteiger partial charge in [-0.25, -0.2) is 21.6 Å². The highest BCUT2D eigenvalue weighted by Gasteiger charge is 2.45. The highest BCUT2D eigenvalue weighted by Crippen LogP contribution is 2.48. The number of carboxylic acids is 1. The number of ether oxygens (including phenoxy) is 2. The fraction of sp³-hybridized carbons (Fsp3) is 0.382. The predicted molar refractivity (Wildman–Crippen MR) is 182 cm³/mol. The third-order valence-electron chi connectivity index (χ3n) is 9.74.